The zero-order valence-corrected chi connectivity index (χ0v) is 5.85. The highest BCUT2D eigenvalue weighted by Crippen LogP contribution is 1.63. The van der Waals surface area contributed by atoms with E-state index in [-0.39, 0.29) is 0 Å². The molecular weight excluding hydrogens is 172 g/mol. The molecule has 0 aliphatic heterocycles. The quantitative estimate of drug-likeness (QED) is 0.333. The number of amides is 2. The van der Waals surface area contributed by atoms with Gasteiger partial charge in [-0.3, -0.25) is 0 Å². The lowest BCUT2D eigenvalue weighted by molar-refractivity contribution is -0.552. The molecule has 0 unspecified atom stereocenters. The largest absolute Gasteiger partial charge is 0.430 e. The first kappa shape index (κ1) is 12.5. The van der Waals surface area contributed by atoms with E-state index in [1.165, 1.54) is 0 Å². The van der Waals surface area contributed by atoms with Gasteiger partial charge < -0.3 is 0 Å². The summed E-state index contributed by atoms with van der Waals surface area (Å²) in [6, 6.07) is -1.49. The van der Waals surface area contributed by atoms with E-state index >= 15 is 0 Å². The maximum absolute atomic E-state index is 9.96. The number of carbonyl (C=O) groups excluding carboxylic acids is 1. The van der Waals surface area contributed by atoms with Crippen LogP contribution in [0, 0.1) is 20.2 Å². The molecule has 9 nitrogen and oxygen atoms in total. The summed E-state index contributed by atoms with van der Waals surface area (Å²) in [4.78, 5) is 28.8. The zero-order chi connectivity index (χ0) is 10.1. The van der Waals surface area contributed by atoms with Gasteiger partial charge in [0.25, 0.3) is 0 Å². The molecule has 9 heteroatoms. The normalized spacial score (nSPS) is 7.00. The topological polar surface area (TPSA) is 127 Å². The second-order valence-corrected chi connectivity index (χ2v) is 1.07. The number of nitrogens with zero attached hydrogens (tertiary/aromatic N) is 2. The molecule has 0 saturated carbocycles. The molecule has 0 rings (SSSR count). The number of hydrogen-bond acceptors (Lipinski definition) is 5. The van der Waals surface area contributed by atoms with Crippen molar-refractivity contribution in [3.8, 4) is 0 Å². The first-order valence-corrected chi connectivity index (χ1v) is 2.38. The van der Waals surface area contributed by atoms with Crippen LogP contribution >= 0.6 is 0 Å². The third-order valence-corrected chi connectivity index (χ3v) is 0.386. The highest BCUT2D eigenvalue weighted by molar-refractivity contribution is 5.70. The van der Waals surface area contributed by atoms with E-state index < -0.39 is 16.1 Å². The molecule has 0 aliphatic rings. The Balaban J connectivity index is 0. The maximum atomic E-state index is 9.96. The number of hydrogen-bond donors (Lipinski definition) is 2. The number of carbonyl (C=O) groups is 1. The van der Waals surface area contributed by atoms with Gasteiger partial charge in [0.15, 0.2) is 10.1 Å². The number of nitrogens with one attached hydrogen (secondary N) is 2. The van der Waals surface area contributed by atoms with Crippen molar-refractivity contribution in [1.82, 2.24) is 10.9 Å². The third-order valence-electron chi connectivity index (χ3n) is 0.386. The maximum Gasteiger partial charge on any atom is 0.430 e. The Morgan fingerprint density at radius 2 is 1.33 bits per heavy atom. The van der Waals surface area contributed by atoms with Crippen molar-refractivity contribution in [2.24, 2.45) is 0 Å². The Labute approximate surface area is 66.3 Å². The number of hydrazine groups is 2. The average molecular weight is 178 g/mol. The molecule has 0 bridgehead atoms. The molecule has 2 N–H and O–H groups in total. The molecule has 0 spiro atoms. The Bertz CT molecular complexity index is 173. The first-order valence-electron chi connectivity index (χ1n) is 2.38. The lowest BCUT2D eigenvalue weighted by atomic mass is 11.1. The summed E-state index contributed by atoms with van der Waals surface area (Å²) in [6.07, 6.45) is 0. The SMILES string of the molecule is C=C.O=C(N[N+](=O)[O-])N[N+](=O)[O-]. The molecule has 0 atom stereocenters. The summed E-state index contributed by atoms with van der Waals surface area (Å²) >= 11 is 0. The number of urea groups is 1. The predicted octanol–water partition coefficient (Wildman–Crippen LogP) is -0.529. The van der Waals surface area contributed by atoms with Crippen molar-refractivity contribution < 1.29 is 14.9 Å². The van der Waals surface area contributed by atoms with Crippen LogP contribution in [0.4, 0.5) is 4.79 Å². The summed E-state index contributed by atoms with van der Waals surface area (Å²) in [5.41, 5.74) is 2.01. The van der Waals surface area contributed by atoms with E-state index in [2.05, 4.69) is 13.2 Å². The van der Waals surface area contributed by atoms with Gasteiger partial charge in [0.2, 0.25) is 0 Å². The van der Waals surface area contributed by atoms with E-state index in [0.29, 0.717) is 0 Å². The molecule has 0 fully saturated rings. The smallest absolute Gasteiger partial charge is 0.237 e. The molecule has 0 aromatic carbocycles. The van der Waals surface area contributed by atoms with Crippen molar-refractivity contribution in [2.45, 2.75) is 0 Å². The summed E-state index contributed by atoms with van der Waals surface area (Å²) < 4.78 is 0. The summed E-state index contributed by atoms with van der Waals surface area (Å²) in [5.74, 6) is 0. The Morgan fingerprint density at radius 3 is 1.50 bits per heavy atom. The van der Waals surface area contributed by atoms with Crippen LogP contribution in [0.15, 0.2) is 13.2 Å². The fraction of sp³-hybridized carbons (Fsp3) is 0. The van der Waals surface area contributed by atoms with Crippen molar-refractivity contribution in [1.29, 1.82) is 0 Å². The van der Waals surface area contributed by atoms with E-state index in [0.717, 1.165) is 10.9 Å². The van der Waals surface area contributed by atoms with Crippen molar-refractivity contribution >= 4 is 6.03 Å². The molecule has 0 saturated heterocycles. The van der Waals surface area contributed by atoms with Crippen LogP contribution in [0.2, 0.25) is 0 Å². The fourth-order valence-electron chi connectivity index (χ4n) is 0.191. The van der Waals surface area contributed by atoms with Crippen LogP contribution in [0.3, 0.4) is 0 Å². The van der Waals surface area contributed by atoms with Gasteiger partial charge in [0, 0.05) is 0 Å². The summed E-state index contributed by atoms with van der Waals surface area (Å²) in [6.45, 7) is 6.00. The Morgan fingerprint density at radius 1 is 1.08 bits per heavy atom. The Kier molecular flexibility index (Phi) is 7.20. The van der Waals surface area contributed by atoms with E-state index in [9.17, 15) is 25.0 Å². The van der Waals surface area contributed by atoms with Gasteiger partial charge in [-0.15, -0.1) is 13.2 Å². The molecule has 0 aromatic rings. The lowest BCUT2D eigenvalue weighted by Crippen LogP contribution is -2.41. The Hall–Kier alpha value is -2.19. The van der Waals surface area contributed by atoms with Crippen LogP contribution in [-0.4, -0.2) is 16.1 Å². The molecule has 12 heavy (non-hydrogen) atoms. The monoisotopic (exact) mass is 178 g/mol. The van der Waals surface area contributed by atoms with Gasteiger partial charge in [0.05, 0.1) is 0 Å². The number of nitro groups is 2. The molecular formula is C3H6N4O5. The highest BCUT2D eigenvalue weighted by atomic mass is 16.7. The molecule has 2 amide bonds. The number of rotatable bonds is 2. The van der Waals surface area contributed by atoms with Crippen molar-refractivity contribution in [3.05, 3.63) is 33.4 Å². The zero-order valence-electron chi connectivity index (χ0n) is 5.85. The lowest BCUT2D eigenvalue weighted by Gasteiger charge is -1.89. The van der Waals surface area contributed by atoms with Gasteiger partial charge in [-0.2, -0.15) is 0 Å². The van der Waals surface area contributed by atoms with Gasteiger partial charge in [-0.1, -0.05) is 0 Å². The van der Waals surface area contributed by atoms with Crippen LogP contribution in [0.25, 0.3) is 0 Å². The standard InChI is InChI=1S/C2H4.CH2N4O5/c1-2;6-1(2-4(7)8)3-5(9)10/h1-2H2;(H2,2,3,6). The van der Waals surface area contributed by atoms with Crippen LogP contribution in [-0.2, 0) is 0 Å². The second kappa shape index (κ2) is 6.92. The third kappa shape index (κ3) is 10.7. The minimum Gasteiger partial charge on any atom is -0.237 e. The fourth-order valence-corrected chi connectivity index (χ4v) is 0.191. The van der Waals surface area contributed by atoms with Gasteiger partial charge in [0.1, 0.15) is 0 Å². The minimum atomic E-state index is -1.49. The second-order valence-electron chi connectivity index (χ2n) is 1.07. The van der Waals surface area contributed by atoms with Crippen molar-refractivity contribution in [2.75, 3.05) is 0 Å². The van der Waals surface area contributed by atoms with Gasteiger partial charge >= 0.3 is 6.03 Å². The summed E-state index contributed by atoms with van der Waals surface area (Å²) in [7, 11) is 0. The van der Waals surface area contributed by atoms with Crippen LogP contribution in [0.1, 0.15) is 0 Å². The summed E-state index contributed by atoms with van der Waals surface area (Å²) in [5, 5.41) is 16.4. The molecule has 68 valence electrons. The van der Waals surface area contributed by atoms with E-state index in [1.54, 1.807) is 0 Å². The minimum absolute atomic E-state index is 1.00. The molecule has 0 heterocycles. The first-order chi connectivity index (χ1) is 5.52. The predicted molar refractivity (Wildman–Crippen MR) is 36.9 cm³/mol. The molecule has 0 aromatic heterocycles. The average Bonchev–Trinajstić information content (AvgIpc) is 1.87. The van der Waals surface area contributed by atoms with Crippen LogP contribution < -0.4 is 10.9 Å². The highest BCUT2D eigenvalue weighted by Gasteiger charge is 2.11. The van der Waals surface area contributed by atoms with Crippen LogP contribution in [0.5, 0.6) is 0 Å². The van der Waals surface area contributed by atoms with Gasteiger partial charge in [-0.05, 0) is 10.9 Å². The molecule has 0 radical (unpaired) electrons. The van der Waals surface area contributed by atoms with Gasteiger partial charge in [-0.25, -0.2) is 25.0 Å². The van der Waals surface area contributed by atoms with E-state index in [1.807, 2.05) is 0 Å². The van der Waals surface area contributed by atoms with E-state index in [4.69, 9.17) is 0 Å². The molecule has 0 aliphatic carbocycles. The van der Waals surface area contributed by atoms with Crippen molar-refractivity contribution in [3.63, 3.8) is 0 Å².